The highest BCUT2D eigenvalue weighted by atomic mass is 127. The molecule has 0 fully saturated rings. The van der Waals surface area contributed by atoms with Gasteiger partial charge in [0.2, 0.25) is 0 Å². The van der Waals surface area contributed by atoms with Crippen molar-refractivity contribution < 1.29 is 4.74 Å². The highest BCUT2D eigenvalue weighted by Crippen LogP contribution is 2.14. The SMILES string of the molecule is COc1ccc(NC(N)=NCc2ccsc2)cc1.I. The number of hydrogen-bond donors (Lipinski definition) is 2. The number of halogens is 1. The normalized spacial score (nSPS) is 10.7. The molecular formula is C13H16IN3OS. The number of guanidine groups is 1. The molecule has 1 aromatic heterocycles. The van der Waals surface area contributed by atoms with Crippen molar-refractivity contribution in [2.75, 3.05) is 12.4 Å². The third-order valence-electron chi connectivity index (χ3n) is 2.37. The van der Waals surface area contributed by atoms with Gasteiger partial charge in [-0.2, -0.15) is 11.3 Å². The largest absolute Gasteiger partial charge is 0.497 e. The molecule has 2 aromatic rings. The zero-order valence-electron chi connectivity index (χ0n) is 10.5. The van der Waals surface area contributed by atoms with Gasteiger partial charge >= 0.3 is 0 Å². The number of rotatable bonds is 4. The number of benzene rings is 1. The van der Waals surface area contributed by atoms with Gasteiger partial charge in [0.1, 0.15) is 5.75 Å². The lowest BCUT2D eigenvalue weighted by atomic mass is 10.3. The summed E-state index contributed by atoms with van der Waals surface area (Å²) in [5.41, 5.74) is 7.86. The van der Waals surface area contributed by atoms with E-state index in [0.717, 1.165) is 11.4 Å². The van der Waals surface area contributed by atoms with Gasteiger partial charge in [-0.05, 0) is 46.7 Å². The number of ether oxygens (including phenoxy) is 1. The Bertz CT molecular complexity index is 511. The summed E-state index contributed by atoms with van der Waals surface area (Å²) < 4.78 is 5.08. The number of thiophene rings is 1. The van der Waals surface area contributed by atoms with Crippen LogP contribution in [0.4, 0.5) is 5.69 Å². The molecule has 6 heteroatoms. The van der Waals surface area contributed by atoms with Crippen LogP contribution in [0.15, 0.2) is 46.1 Å². The average Bonchev–Trinajstić information content (AvgIpc) is 2.90. The molecule has 1 heterocycles. The van der Waals surface area contributed by atoms with Crippen LogP contribution < -0.4 is 15.8 Å². The summed E-state index contributed by atoms with van der Waals surface area (Å²) in [6.07, 6.45) is 0. The topological polar surface area (TPSA) is 59.6 Å². The van der Waals surface area contributed by atoms with Crippen molar-refractivity contribution in [3.05, 3.63) is 46.7 Å². The standard InChI is InChI=1S/C13H15N3OS.HI/c1-17-12-4-2-11(3-5-12)16-13(14)15-8-10-6-7-18-9-10;/h2-7,9H,8H2,1H3,(H3,14,15,16);1H. The highest BCUT2D eigenvalue weighted by Gasteiger charge is 1.96. The van der Waals surface area contributed by atoms with Crippen molar-refractivity contribution in [3.8, 4) is 5.75 Å². The van der Waals surface area contributed by atoms with Crippen molar-refractivity contribution >= 4 is 47.0 Å². The summed E-state index contributed by atoms with van der Waals surface area (Å²) in [7, 11) is 1.64. The molecule has 2 rings (SSSR count). The molecule has 0 aliphatic heterocycles. The lowest BCUT2D eigenvalue weighted by molar-refractivity contribution is 0.415. The fraction of sp³-hybridized carbons (Fsp3) is 0.154. The molecule has 0 radical (unpaired) electrons. The van der Waals surface area contributed by atoms with E-state index >= 15 is 0 Å². The molecule has 0 saturated heterocycles. The van der Waals surface area contributed by atoms with E-state index in [1.165, 1.54) is 5.56 Å². The molecule has 0 saturated carbocycles. The van der Waals surface area contributed by atoms with E-state index in [-0.39, 0.29) is 24.0 Å². The van der Waals surface area contributed by atoms with E-state index in [1.54, 1.807) is 18.4 Å². The summed E-state index contributed by atoms with van der Waals surface area (Å²) in [6.45, 7) is 0.596. The maximum Gasteiger partial charge on any atom is 0.193 e. The number of nitrogens with two attached hydrogens (primary N) is 1. The second-order valence-electron chi connectivity index (χ2n) is 3.69. The van der Waals surface area contributed by atoms with E-state index in [9.17, 15) is 0 Å². The van der Waals surface area contributed by atoms with Crippen LogP contribution in [0.25, 0.3) is 0 Å². The van der Waals surface area contributed by atoms with Crippen LogP contribution in [0.1, 0.15) is 5.56 Å². The Hall–Kier alpha value is -1.28. The molecule has 0 atom stereocenters. The van der Waals surface area contributed by atoms with Gasteiger partial charge in [0.25, 0.3) is 0 Å². The summed E-state index contributed by atoms with van der Waals surface area (Å²) in [5.74, 6) is 1.22. The monoisotopic (exact) mass is 389 g/mol. The molecular weight excluding hydrogens is 373 g/mol. The molecule has 0 amide bonds. The van der Waals surface area contributed by atoms with E-state index in [4.69, 9.17) is 10.5 Å². The number of nitrogens with zero attached hydrogens (tertiary/aromatic N) is 1. The third kappa shape index (κ3) is 5.07. The van der Waals surface area contributed by atoms with Gasteiger partial charge in [0.05, 0.1) is 13.7 Å². The highest BCUT2D eigenvalue weighted by molar-refractivity contribution is 14.0. The quantitative estimate of drug-likeness (QED) is 0.479. The Morgan fingerprint density at radius 2 is 2.05 bits per heavy atom. The van der Waals surface area contributed by atoms with Gasteiger partial charge in [0, 0.05) is 5.69 Å². The van der Waals surface area contributed by atoms with Gasteiger partial charge in [0.15, 0.2) is 5.96 Å². The van der Waals surface area contributed by atoms with Crippen LogP contribution in [0, 0.1) is 0 Å². The molecule has 102 valence electrons. The summed E-state index contributed by atoms with van der Waals surface area (Å²) in [4.78, 5) is 4.26. The second kappa shape index (κ2) is 8.00. The Kier molecular flexibility index (Phi) is 6.65. The molecule has 19 heavy (non-hydrogen) atoms. The van der Waals surface area contributed by atoms with Gasteiger partial charge in [-0.3, -0.25) is 0 Å². The first-order valence-corrected chi connectivity index (χ1v) is 6.44. The summed E-state index contributed by atoms with van der Waals surface area (Å²) >= 11 is 1.65. The lowest BCUT2D eigenvalue weighted by Crippen LogP contribution is -2.22. The zero-order valence-corrected chi connectivity index (χ0v) is 13.6. The number of aliphatic imine (C=N–C) groups is 1. The van der Waals surface area contributed by atoms with Crippen molar-refractivity contribution in [1.82, 2.24) is 0 Å². The number of methoxy groups -OCH3 is 1. The Morgan fingerprint density at radius 3 is 2.63 bits per heavy atom. The number of hydrogen-bond acceptors (Lipinski definition) is 3. The zero-order chi connectivity index (χ0) is 12.8. The molecule has 4 nitrogen and oxygen atoms in total. The minimum absolute atomic E-state index is 0. The third-order valence-corrected chi connectivity index (χ3v) is 3.11. The predicted octanol–water partition coefficient (Wildman–Crippen LogP) is 3.30. The van der Waals surface area contributed by atoms with Crippen LogP contribution >= 0.6 is 35.3 Å². The van der Waals surface area contributed by atoms with Crippen LogP contribution in [0.5, 0.6) is 5.75 Å². The molecule has 0 bridgehead atoms. The molecule has 0 aliphatic carbocycles. The summed E-state index contributed by atoms with van der Waals surface area (Å²) in [5, 5.41) is 7.12. The lowest BCUT2D eigenvalue weighted by Gasteiger charge is -2.06. The minimum Gasteiger partial charge on any atom is -0.497 e. The van der Waals surface area contributed by atoms with Crippen LogP contribution in [0.2, 0.25) is 0 Å². The fourth-order valence-corrected chi connectivity index (χ4v) is 2.08. The first-order valence-electron chi connectivity index (χ1n) is 5.50. The van der Waals surface area contributed by atoms with Crippen molar-refractivity contribution in [2.24, 2.45) is 10.7 Å². The smallest absolute Gasteiger partial charge is 0.193 e. The maximum absolute atomic E-state index is 5.80. The first kappa shape index (κ1) is 15.8. The van der Waals surface area contributed by atoms with Crippen molar-refractivity contribution in [2.45, 2.75) is 6.54 Å². The Morgan fingerprint density at radius 1 is 1.32 bits per heavy atom. The summed E-state index contributed by atoms with van der Waals surface area (Å²) in [6, 6.07) is 9.56. The molecule has 0 spiro atoms. The Balaban J connectivity index is 0.00000180. The van der Waals surface area contributed by atoms with E-state index < -0.39 is 0 Å². The molecule has 3 N–H and O–H groups in total. The Labute approximate surface area is 133 Å². The maximum atomic E-state index is 5.80. The fourth-order valence-electron chi connectivity index (χ4n) is 1.42. The van der Waals surface area contributed by atoms with Gasteiger partial charge < -0.3 is 15.8 Å². The van der Waals surface area contributed by atoms with Crippen molar-refractivity contribution in [1.29, 1.82) is 0 Å². The average molecular weight is 389 g/mol. The predicted molar refractivity (Wildman–Crippen MR) is 91.7 cm³/mol. The van der Waals surface area contributed by atoms with Crippen LogP contribution in [0.3, 0.4) is 0 Å². The van der Waals surface area contributed by atoms with Crippen molar-refractivity contribution in [3.63, 3.8) is 0 Å². The van der Waals surface area contributed by atoms with Gasteiger partial charge in [-0.1, -0.05) is 0 Å². The van der Waals surface area contributed by atoms with Crippen LogP contribution in [-0.4, -0.2) is 13.1 Å². The van der Waals surface area contributed by atoms with E-state index in [0.29, 0.717) is 12.5 Å². The van der Waals surface area contributed by atoms with E-state index in [1.807, 2.05) is 35.7 Å². The first-order chi connectivity index (χ1) is 8.78. The molecule has 1 aromatic carbocycles. The minimum atomic E-state index is 0. The number of anilines is 1. The molecule has 0 unspecified atom stereocenters. The van der Waals surface area contributed by atoms with E-state index in [2.05, 4.69) is 15.7 Å². The van der Waals surface area contributed by atoms with Crippen LogP contribution in [-0.2, 0) is 6.54 Å². The molecule has 0 aliphatic rings. The number of nitrogens with one attached hydrogen (secondary N) is 1. The second-order valence-corrected chi connectivity index (χ2v) is 4.47. The van der Waals surface area contributed by atoms with Gasteiger partial charge in [-0.15, -0.1) is 24.0 Å². The van der Waals surface area contributed by atoms with Gasteiger partial charge in [-0.25, -0.2) is 4.99 Å².